The minimum atomic E-state index is 0.442. The molecule has 1 saturated heterocycles. The second-order valence-electron chi connectivity index (χ2n) is 5.96. The van der Waals surface area contributed by atoms with Crippen molar-refractivity contribution >= 4 is 0 Å². The predicted molar refractivity (Wildman–Crippen MR) is 74.1 cm³/mol. The van der Waals surface area contributed by atoms with Gasteiger partial charge in [-0.1, -0.05) is 29.4 Å². The van der Waals surface area contributed by atoms with Crippen molar-refractivity contribution in [3.8, 4) is 11.1 Å². The maximum Gasteiger partial charge on any atom is 0.141 e. The first-order chi connectivity index (χ1) is 9.21. The molecule has 2 fully saturated rings. The minimum Gasteiger partial charge on any atom is -0.361 e. The Labute approximate surface area is 113 Å². The molecule has 0 unspecified atom stereocenters. The number of nitrogens with zero attached hydrogens (tertiary/aromatic N) is 1. The number of fused-ring (bicyclic) bond motifs is 1. The smallest absolute Gasteiger partial charge is 0.141 e. The quantitative estimate of drug-likeness (QED) is 0.895. The molecule has 19 heavy (non-hydrogen) atoms. The van der Waals surface area contributed by atoms with Crippen molar-refractivity contribution in [3.63, 3.8) is 0 Å². The van der Waals surface area contributed by atoms with Crippen LogP contribution >= 0.6 is 0 Å². The summed E-state index contributed by atoms with van der Waals surface area (Å²) < 4.78 is 5.25. The number of rotatable bonds is 2. The number of hydrogen-bond donors (Lipinski definition) is 1. The molecule has 1 aromatic heterocycles. The fourth-order valence-corrected chi connectivity index (χ4v) is 3.65. The van der Waals surface area contributed by atoms with E-state index in [0.717, 1.165) is 29.5 Å². The van der Waals surface area contributed by atoms with Crippen LogP contribution in [0.4, 0.5) is 0 Å². The average molecular weight is 254 g/mol. The number of aromatic nitrogens is 1. The maximum absolute atomic E-state index is 5.25. The largest absolute Gasteiger partial charge is 0.361 e. The highest BCUT2D eigenvalue weighted by Gasteiger charge is 2.57. The normalized spacial score (nSPS) is 28.4. The Bertz CT molecular complexity index is 609. The van der Waals surface area contributed by atoms with Crippen LogP contribution < -0.4 is 5.32 Å². The first-order valence-corrected chi connectivity index (χ1v) is 6.95. The lowest BCUT2D eigenvalue weighted by Gasteiger charge is -2.12. The van der Waals surface area contributed by atoms with Gasteiger partial charge in [0.1, 0.15) is 5.76 Å². The summed E-state index contributed by atoms with van der Waals surface area (Å²) in [5, 5.41) is 7.53. The molecule has 1 aromatic carbocycles. The van der Waals surface area contributed by atoms with Crippen molar-refractivity contribution in [3.05, 3.63) is 41.3 Å². The fourth-order valence-electron chi connectivity index (χ4n) is 3.65. The molecule has 3 nitrogen and oxygen atoms in total. The predicted octanol–water partition coefficient (Wildman–Crippen LogP) is 2.82. The Morgan fingerprint density at radius 3 is 2.58 bits per heavy atom. The summed E-state index contributed by atoms with van der Waals surface area (Å²) >= 11 is 0. The number of piperidine rings is 1. The molecule has 4 rings (SSSR count). The summed E-state index contributed by atoms with van der Waals surface area (Å²) in [6.07, 6.45) is 1.35. The third-order valence-corrected chi connectivity index (χ3v) is 4.85. The zero-order valence-corrected chi connectivity index (χ0v) is 11.4. The van der Waals surface area contributed by atoms with E-state index in [9.17, 15) is 0 Å². The number of aryl methyl sites for hydroxylation is 2. The van der Waals surface area contributed by atoms with Crippen LogP contribution in [0.2, 0.25) is 0 Å². The van der Waals surface area contributed by atoms with Gasteiger partial charge < -0.3 is 9.84 Å². The standard InChI is InChI=1S/C16H18N2O/c1-10-15(11(2)19-18-10)12-3-5-13(6-4-12)16-7-14(16)8-17-9-16/h3-6,14,17H,7-9H2,1-2H3/t14-,16+/m0/s1. The number of nitrogens with one attached hydrogen (secondary N) is 1. The van der Waals surface area contributed by atoms with Crippen LogP contribution in [0.1, 0.15) is 23.4 Å². The maximum atomic E-state index is 5.25. The number of hydrogen-bond acceptors (Lipinski definition) is 3. The van der Waals surface area contributed by atoms with Crippen LogP contribution in [-0.4, -0.2) is 18.2 Å². The topological polar surface area (TPSA) is 38.1 Å². The van der Waals surface area contributed by atoms with E-state index < -0.39 is 0 Å². The zero-order valence-electron chi connectivity index (χ0n) is 11.4. The van der Waals surface area contributed by atoms with Crippen molar-refractivity contribution < 1.29 is 4.52 Å². The summed E-state index contributed by atoms with van der Waals surface area (Å²) in [5.74, 6) is 1.76. The van der Waals surface area contributed by atoms with Crippen LogP contribution in [0.25, 0.3) is 11.1 Å². The lowest BCUT2D eigenvalue weighted by molar-refractivity contribution is 0.393. The highest BCUT2D eigenvalue weighted by molar-refractivity contribution is 5.68. The van der Waals surface area contributed by atoms with Gasteiger partial charge in [0, 0.05) is 17.5 Å². The first kappa shape index (κ1) is 11.2. The average Bonchev–Trinajstić information content (AvgIpc) is 2.81. The van der Waals surface area contributed by atoms with Crippen LogP contribution in [-0.2, 0) is 5.41 Å². The Kier molecular flexibility index (Phi) is 2.19. The number of benzene rings is 1. The molecule has 0 bridgehead atoms. The summed E-state index contributed by atoms with van der Waals surface area (Å²) in [5.41, 5.74) is 5.24. The summed E-state index contributed by atoms with van der Waals surface area (Å²) in [4.78, 5) is 0. The minimum absolute atomic E-state index is 0.442. The first-order valence-electron chi connectivity index (χ1n) is 6.95. The molecule has 0 amide bonds. The third kappa shape index (κ3) is 1.51. The van der Waals surface area contributed by atoms with Gasteiger partial charge in [-0.15, -0.1) is 0 Å². The Morgan fingerprint density at radius 1 is 1.26 bits per heavy atom. The second-order valence-corrected chi connectivity index (χ2v) is 5.96. The van der Waals surface area contributed by atoms with Crippen molar-refractivity contribution in [1.82, 2.24) is 10.5 Å². The zero-order chi connectivity index (χ0) is 13.0. The molecule has 2 atom stereocenters. The van der Waals surface area contributed by atoms with Crippen molar-refractivity contribution in [2.45, 2.75) is 25.7 Å². The van der Waals surface area contributed by atoms with Crippen LogP contribution in [0.5, 0.6) is 0 Å². The van der Waals surface area contributed by atoms with E-state index in [1.807, 2.05) is 13.8 Å². The van der Waals surface area contributed by atoms with E-state index in [-0.39, 0.29) is 0 Å². The van der Waals surface area contributed by atoms with Gasteiger partial charge in [-0.2, -0.15) is 0 Å². The molecular weight excluding hydrogens is 236 g/mol. The van der Waals surface area contributed by atoms with Gasteiger partial charge in [0.05, 0.1) is 5.69 Å². The van der Waals surface area contributed by atoms with E-state index in [2.05, 4.69) is 34.7 Å². The Hall–Kier alpha value is -1.61. The van der Waals surface area contributed by atoms with Crippen molar-refractivity contribution in [2.24, 2.45) is 5.92 Å². The van der Waals surface area contributed by atoms with Gasteiger partial charge in [-0.25, -0.2) is 0 Å². The molecule has 3 heteroatoms. The van der Waals surface area contributed by atoms with E-state index in [1.54, 1.807) is 0 Å². The van der Waals surface area contributed by atoms with Gasteiger partial charge in [-0.3, -0.25) is 0 Å². The van der Waals surface area contributed by atoms with E-state index >= 15 is 0 Å². The van der Waals surface area contributed by atoms with Crippen molar-refractivity contribution in [2.75, 3.05) is 13.1 Å². The van der Waals surface area contributed by atoms with E-state index in [1.165, 1.54) is 24.1 Å². The molecular formula is C16H18N2O. The molecule has 2 heterocycles. The summed E-state index contributed by atoms with van der Waals surface area (Å²) in [6, 6.07) is 9.00. The molecule has 1 saturated carbocycles. The molecule has 1 aliphatic carbocycles. The van der Waals surface area contributed by atoms with Gasteiger partial charge >= 0.3 is 0 Å². The summed E-state index contributed by atoms with van der Waals surface area (Å²) in [6.45, 7) is 6.30. The molecule has 2 aliphatic rings. The van der Waals surface area contributed by atoms with Gasteiger partial charge in [0.25, 0.3) is 0 Å². The van der Waals surface area contributed by atoms with Crippen LogP contribution in [0, 0.1) is 19.8 Å². The molecule has 0 radical (unpaired) electrons. The molecule has 1 N–H and O–H groups in total. The Morgan fingerprint density at radius 2 is 2.05 bits per heavy atom. The second kappa shape index (κ2) is 3.70. The van der Waals surface area contributed by atoms with Crippen LogP contribution in [0.15, 0.2) is 28.8 Å². The highest BCUT2D eigenvalue weighted by Crippen LogP contribution is 2.56. The lowest BCUT2D eigenvalue weighted by atomic mass is 9.93. The van der Waals surface area contributed by atoms with Gasteiger partial charge in [-0.05, 0) is 43.9 Å². The van der Waals surface area contributed by atoms with Crippen molar-refractivity contribution in [1.29, 1.82) is 0 Å². The molecule has 0 spiro atoms. The van der Waals surface area contributed by atoms with E-state index in [0.29, 0.717) is 5.41 Å². The lowest BCUT2D eigenvalue weighted by Crippen LogP contribution is -2.19. The third-order valence-electron chi connectivity index (χ3n) is 4.85. The molecule has 2 aromatic rings. The molecule has 98 valence electrons. The summed E-state index contributed by atoms with van der Waals surface area (Å²) in [7, 11) is 0. The Balaban J connectivity index is 1.70. The van der Waals surface area contributed by atoms with Gasteiger partial charge in [0.2, 0.25) is 0 Å². The fraction of sp³-hybridized carbons (Fsp3) is 0.438. The highest BCUT2D eigenvalue weighted by atomic mass is 16.5. The molecule has 1 aliphatic heterocycles. The van der Waals surface area contributed by atoms with Crippen LogP contribution in [0.3, 0.4) is 0 Å². The van der Waals surface area contributed by atoms with Gasteiger partial charge in [0.15, 0.2) is 0 Å². The monoisotopic (exact) mass is 254 g/mol. The SMILES string of the molecule is Cc1noc(C)c1-c1ccc([C@@]23CNC[C@@H]2C3)cc1. The van der Waals surface area contributed by atoms with E-state index in [4.69, 9.17) is 4.52 Å².